The van der Waals surface area contributed by atoms with Crippen LogP contribution < -0.4 is 10.1 Å². The summed E-state index contributed by atoms with van der Waals surface area (Å²) in [7, 11) is 1.61. The number of hydrogen-bond acceptors (Lipinski definition) is 4. The first kappa shape index (κ1) is 19.5. The molecule has 1 rings (SSSR count). The number of carbonyl (C=O) groups is 1. The van der Waals surface area contributed by atoms with Gasteiger partial charge in [-0.05, 0) is 38.0 Å². The van der Waals surface area contributed by atoms with Gasteiger partial charge in [-0.25, -0.2) is 0 Å². The number of ether oxygens (including phenoxy) is 3. The Balaban J connectivity index is 2.82. The Morgan fingerprint density at radius 1 is 1.22 bits per heavy atom. The Labute approximate surface area is 139 Å². The predicted octanol–water partition coefficient (Wildman–Crippen LogP) is 3.02. The molecule has 0 unspecified atom stereocenters. The van der Waals surface area contributed by atoms with Gasteiger partial charge < -0.3 is 19.5 Å². The van der Waals surface area contributed by atoms with Crippen LogP contribution in [0.5, 0.6) is 5.75 Å². The molecule has 1 N–H and O–H groups in total. The number of hydrogen-bond donors (Lipinski definition) is 1. The van der Waals surface area contributed by atoms with Crippen molar-refractivity contribution in [1.82, 2.24) is 5.32 Å². The number of benzene rings is 1. The Morgan fingerprint density at radius 3 is 2.57 bits per heavy atom. The monoisotopic (exact) mass is 323 g/mol. The average Bonchev–Trinajstić information content (AvgIpc) is 2.48. The van der Waals surface area contributed by atoms with Gasteiger partial charge in [0.2, 0.25) is 0 Å². The highest BCUT2D eigenvalue weighted by Gasteiger charge is 2.13. The van der Waals surface area contributed by atoms with Crippen molar-refractivity contribution in [2.24, 2.45) is 5.92 Å². The molecule has 23 heavy (non-hydrogen) atoms. The van der Waals surface area contributed by atoms with E-state index in [1.807, 2.05) is 26.0 Å². The maximum Gasteiger partial charge on any atom is 0.251 e. The molecule has 0 saturated carbocycles. The lowest BCUT2D eigenvalue weighted by atomic mass is 10.1. The number of methoxy groups -OCH3 is 1. The van der Waals surface area contributed by atoms with Gasteiger partial charge in [0.1, 0.15) is 5.75 Å². The first-order chi connectivity index (χ1) is 11.0. The van der Waals surface area contributed by atoms with Crippen LogP contribution in [0.2, 0.25) is 0 Å². The molecule has 130 valence electrons. The molecule has 0 aliphatic carbocycles. The average molecular weight is 323 g/mol. The van der Waals surface area contributed by atoms with Crippen LogP contribution in [-0.2, 0) is 16.1 Å². The lowest BCUT2D eigenvalue weighted by molar-refractivity contribution is 0.0900. The summed E-state index contributed by atoms with van der Waals surface area (Å²) in [5.41, 5.74) is 1.49. The van der Waals surface area contributed by atoms with Crippen molar-refractivity contribution in [2.75, 3.05) is 26.9 Å². The fourth-order valence-corrected chi connectivity index (χ4v) is 2.13. The summed E-state index contributed by atoms with van der Waals surface area (Å²) in [6, 6.07) is 5.39. The SMILES string of the molecule is CCOc1ccc(C(=O)N[C@@H](C)COC)cc1COCC(C)C. The number of nitrogens with one attached hydrogen (secondary N) is 1. The molecule has 0 radical (unpaired) electrons. The molecule has 5 nitrogen and oxygen atoms in total. The van der Waals surface area contributed by atoms with Crippen LogP contribution in [0.4, 0.5) is 0 Å². The predicted molar refractivity (Wildman–Crippen MR) is 90.9 cm³/mol. The zero-order valence-electron chi connectivity index (χ0n) is 14.8. The highest BCUT2D eigenvalue weighted by Crippen LogP contribution is 2.22. The van der Waals surface area contributed by atoms with E-state index in [9.17, 15) is 4.79 Å². The van der Waals surface area contributed by atoms with Crippen LogP contribution in [-0.4, -0.2) is 38.9 Å². The van der Waals surface area contributed by atoms with E-state index < -0.39 is 0 Å². The molecule has 0 saturated heterocycles. The molecule has 0 fully saturated rings. The summed E-state index contributed by atoms with van der Waals surface area (Å²) in [4.78, 5) is 12.3. The van der Waals surface area contributed by atoms with Gasteiger partial charge in [0, 0.05) is 30.9 Å². The second kappa shape index (κ2) is 10.2. The van der Waals surface area contributed by atoms with E-state index in [0.29, 0.717) is 37.9 Å². The van der Waals surface area contributed by atoms with Crippen molar-refractivity contribution in [3.8, 4) is 5.75 Å². The lowest BCUT2D eigenvalue weighted by Crippen LogP contribution is -2.35. The van der Waals surface area contributed by atoms with Crippen LogP contribution >= 0.6 is 0 Å². The summed E-state index contributed by atoms with van der Waals surface area (Å²) >= 11 is 0. The second-order valence-corrected chi connectivity index (χ2v) is 5.99. The minimum Gasteiger partial charge on any atom is -0.494 e. The van der Waals surface area contributed by atoms with E-state index in [1.54, 1.807) is 13.2 Å². The van der Waals surface area contributed by atoms with E-state index in [2.05, 4.69) is 19.2 Å². The first-order valence-electron chi connectivity index (χ1n) is 8.11. The fourth-order valence-electron chi connectivity index (χ4n) is 2.13. The molecule has 1 aromatic rings. The van der Waals surface area contributed by atoms with E-state index >= 15 is 0 Å². The maximum absolute atomic E-state index is 12.3. The van der Waals surface area contributed by atoms with Crippen molar-refractivity contribution in [2.45, 2.75) is 40.3 Å². The van der Waals surface area contributed by atoms with E-state index in [1.165, 1.54) is 0 Å². The Morgan fingerprint density at radius 2 is 1.96 bits per heavy atom. The molecule has 5 heteroatoms. The van der Waals surface area contributed by atoms with Gasteiger partial charge in [-0.2, -0.15) is 0 Å². The normalized spacial score (nSPS) is 12.3. The van der Waals surface area contributed by atoms with E-state index in [4.69, 9.17) is 14.2 Å². The third kappa shape index (κ3) is 7.01. The second-order valence-electron chi connectivity index (χ2n) is 5.99. The summed E-state index contributed by atoms with van der Waals surface area (Å²) in [5, 5.41) is 2.90. The largest absolute Gasteiger partial charge is 0.494 e. The first-order valence-corrected chi connectivity index (χ1v) is 8.11. The van der Waals surface area contributed by atoms with E-state index in [0.717, 1.165) is 11.3 Å². The number of carbonyl (C=O) groups excluding carboxylic acids is 1. The van der Waals surface area contributed by atoms with Gasteiger partial charge in [0.25, 0.3) is 5.91 Å². The van der Waals surface area contributed by atoms with E-state index in [-0.39, 0.29) is 11.9 Å². The van der Waals surface area contributed by atoms with Crippen LogP contribution in [0.15, 0.2) is 18.2 Å². The van der Waals surface area contributed by atoms with Crippen LogP contribution in [0.3, 0.4) is 0 Å². The zero-order valence-corrected chi connectivity index (χ0v) is 14.8. The van der Waals surface area contributed by atoms with Crippen molar-refractivity contribution in [1.29, 1.82) is 0 Å². The summed E-state index contributed by atoms with van der Waals surface area (Å²) in [6.07, 6.45) is 0. The fraction of sp³-hybridized carbons (Fsp3) is 0.611. The maximum atomic E-state index is 12.3. The Bertz CT molecular complexity index is 488. The minimum atomic E-state index is -0.122. The van der Waals surface area contributed by atoms with Crippen molar-refractivity contribution >= 4 is 5.91 Å². The molecule has 0 aliphatic heterocycles. The summed E-state index contributed by atoms with van der Waals surface area (Å²) in [6.45, 7) is 10.2. The molecule has 1 amide bonds. The van der Waals surface area contributed by atoms with Crippen LogP contribution in [0.25, 0.3) is 0 Å². The highest BCUT2D eigenvalue weighted by atomic mass is 16.5. The third-order valence-corrected chi connectivity index (χ3v) is 3.13. The molecule has 0 bridgehead atoms. The minimum absolute atomic E-state index is 0.0419. The quantitative estimate of drug-likeness (QED) is 0.719. The van der Waals surface area contributed by atoms with Gasteiger partial charge in [0.15, 0.2) is 0 Å². The molecule has 1 atom stereocenters. The van der Waals surface area contributed by atoms with Gasteiger partial charge >= 0.3 is 0 Å². The zero-order chi connectivity index (χ0) is 17.2. The van der Waals surface area contributed by atoms with Crippen LogP contribution in [0.1, 0.15) is 43.6 Å². The van der Waals surface area contributed by atoms with Gasteiger partial charge in [-0.3, -0.25) is 4.79 Å². The topological polar surface area (TPSA) is 56.8 Å². The lowest BCUT2D eigenvalue weighted by Gasteiger charge is -2.15. The van der Waals surface area contributed by atoms with Gasteiger partial charge in [0.05, 0.1) is 19.8 Å². The molecule has 1 aromatic carbocycles. The molecule has 0 aromatic heterocycles. The highest BCUT2D eigenvalue weighted by molar-refractivity contribution is 5.94. The van der Waals surface area contributed by atoms with Gasteiger partial charge in [-0.1, -0.05) is 13.8 Å². The van der Waals surface area contributed by atoms with Crippen molar-refractivity contribution in [3.05, 3.63) is 29.3 Å². The van der Waals surface area contributed by atoms with Gasteiger partial charge in [-0.15, -0.1) is 0 Å². The van der Waals surface area contributed by atoms with Crippen molar-refractivity contribution in [3.63, 3.8) is 0 Å². The summed E-state index contributed by atoms with van der Waals surface area (Å²) in [5.74, 6) is 1.10. The number of rotatable bonds is 10. The van der Waals surface area contributed by atoms with Crippen molar-refractivity contribution < 1.29 is 19.0 Å². The third-order valence-electron chi connectivity index (χ3n) is 3.13. The Kier molecular flexibility index (Phi) is 8.66. The smallest absolute Gasteiger partial charge is 0.251 e. The Hall–Kier alpha value is -1.59. The molecule has 0 heterocycles. The standard InChI is InChI=1S/C18H29NO4/c1-6-23-17-8-7-15(18(20)19-14(4)11-21-5)9-16(17)12-22-10-13(2)3/h7-9,13-14H,6,10-12H2,1-5H3,(H,19,20)/t14-/m0/s1. The summed E-state index contributed by atoms with van der Waals surface area (Å²) < 4.78 is 16.3. The number of amides is 1. The molecular formula is C18H29NO4. The molecule has 0 aliphatic rings. The molecule has 0 spiro atoms. The van der Waals surface area contributed by atoms with Crippen LogP contribution in [0, 0.1) is 5.92 Å². The molecular weight excluding hydrogens is 294 g/mol.